The molecule has 0 radical (unpaired) electrons. The van der Waals surface area contributed by atoms with Gasteiger partial charge in [-0.05, 0) is 44.9 Å². The van der Waals surface area contributed by atoms with Crippen molar-refractivity contribution in [3.63, 3.8) is 0 Å². The third-order valence-corrected chi connectivity index (χ3v) is 15.2. The second-order valence-electron chi connectivity index (χ2n) is 22.4. The van der Waals surface area contributed by atoms with Gasteiger partial charge in [0.2, 0.25) is 5.91 Å². The molecule has 8 nitrogen and oxygen atoms in total. The minimum Gasteiger partial charge on any atom is -0.391 e. The van der Waals surface area contributed by atoms with Crippen molar-refractivity contribution in [1.29, 1.82) is 0 Å². The summed E-state index contributed by atoms with van der Waals surface area (Å²) in [6.07, 6.45) is 67.4. The molecule has 0 aromatic carbocycles. The van der Waals surface area contributed by atoms with Crippen molar-refractivity contribution < 1.29 is 32.9 Å². The van der Waals surface area contributed by atoms with E-state index >= 15 is 0 Å². The van der Waals surface area contributed by atoms with Gasteiger partial charge in [-0.15, -0.1) is 0 Å². The van der Waals surface area contributed by atoms with Gasteiger partial charge in [0.05, 0.1) is 39.9 Å². The van der Waals surface area contributed by atoms with Gasteiger partial charge < -0.3 is 19.8 Å². The summed E-state index contributed by atoms with van der Waals surface area (Å²) >= 11 is 0. The van der Waals surface area contributed by atoms with Crippen molar-refractivity contribution >= 4 is 13.7 Å². The summed E-state index contributed by atoms with van der Waals surface area (Å²) in [6, 6.07) is -0.754. The van der Waals surface area contributed by atoms with Gasteiger partial charge in [0, 0.05) is 6.42 Å². The number of allylic oxidation sites excluding steroid dienone is 4. The number of rotatable bonds is 57. The molecule has 0 saturated heterocycles. The Morgan fingerprint density at radius 1 is 0.486 bits per heavy atom. The number of nitrogens with one attached hydrogen (secondary N) is 1. The van der Waals surface area contributed by atoms with Crippen LogP contribution in [0.1, 0.15) is 309 Å². The first-order valence-electron chi connectivity index (χ1n) is 30.7. The van der Waals surface area contributed by atoms with Crippen LogP contribution in [0.4, 0.5) is 0 Å². The number of nitrogens with zero attached hydrogens (tertiary/aromatic N) is 1. The maximum atomic E-state index is 12.9. The summed E-state index contributed by atoms with van der Waals surface area (Å²) in [5.41, 5.74) is 0. The number of phosphoric ester groups is 1. The minimum atomic E-state index is -4.31. The molecule has 0 rings (SSSR count). The summed E-state index contributed by atoms with van der Waals surface area (Å²) in [5, 5.41) is 13.9. The number of quaternary nitrogens is 1. The van der Waals surface area contributed by atoms with Gasteiger partial charge in [-0.3, -0.25) is 13.8 Å². The van der Waals surface area contributed by atoms with Gasteiger partial charge in [0.1, 0.15) is 13.2 Å². The first-order valence-corrected chi connectivity index (χ1v) is 32.2. The quantitative estimate of drug-likeness (QED) is 0.0243. The number of amides is 1. The van der Waals surface area contributed by atoms with E-state index in [-0.39, 0.29) is 19.1 Å². The second kappa shape index (κ2) is 52.8. The Morgan fingerprint density at radius 2 is 0.814 bits per heavy atom. The lowest BCUT2D eigenvalue weighted by Crippen LogP contribution is -2.46. The Kier molecular flexibility index (Phi) is 52.1. The molecule has 0 aliphatic carbocycles. The molecule has 0 heterocycles. The number of phosphoric acid groups is 1. The lowest BCUT2D eigenvalue weighted by molar-refractivity contribution is -0.870. The van der Waals surface area contributed by atoms with Crippen LogP contribution >= 0.6 is 7.82 Å². The van der Waals surface area contributed by atoms with Crippen LogP contribution in [0.3, 0.4) is 0 Å². The van der Waals surface area contributed by atoms with Gasteiger partial charge >= 0.3 is 7.82 Å². The number of carbonyl (C=O) groups is 1. The highest BCUT2D eigenvalue weighted by atomic mass is 31.2. The number of unbranched alkanes of at least 4 members (excludes halogenated alkanes) is 40. The minimum absolute atomic E-state index is 0.0769. The molecule has 0 aromatic rings. The van der Waals surface area contributed by atoms with Crippen LogP contribution in [-0.4, -0.2) is 73.4 Å². The molecule has 70 heavy (non-hydrogen) atoms. The molecular formula is C61H122N2O6P+. The molecular weight excluding hydrogens is 888 g/mol. The predicted molar refractivity (Wildman–Crippen MR) is 305 cm³/mol. The smallest absolute Gasteiger partial charge is 0.391 e. The van der Waals surface area contributed by atoms with E-state index in [2.05, 4.69) is 43.5 Å². The lowest BCUT2D eigenvalue weighted by Gasteiger charge is -2.26. The van der Waals surface area contributed by atoms with E-state index in [1.807, 2.05) is 21.1 Å². The molecule has 3 unspecified atom stereocenters. The Morgan fingerprint density at radius 3 is 1.17 bits per heavy atom. The number of likely N-dealkylation sites (N-methyl/N-ethyl adjacent to an activating group) is 1. The van der Waals surface area contributed by atoms with Gasteiger partial charge in [-0.2, -0.15) is 0 Å². The van der Waals surface area contributed by atoms with E-state index in [9.17, 15) is 19.4 Å². The fourth-order valence-electron chi connectivity index (χ4n) is 9.37. The highest BCUT2D eigenvalue weighted by Crippen LogP contribution is 2.43. The molecule has 9 heteroatoms. The van der Waals surface area contributed by atoms with E-state index in [1.165, 1.54) is 238 Å². The number of aliphatic hydroxyl groups is 1. The summed E-state index contributed by atoms with van der Waals surface area (Å²) in [4.78, 5) is 23.1. The van der Waals surface area contributed by atoms with Gasteiger partial charge in [-0.1, -0.05) is 282 Å². The molecule has 0 fully saturated rings. The Balaban J connectivity index is 3.67. The fraction of sp³-hybridized carbons (Fsp3) is 0.918. The van der Waals surface area contributed by atoms with Crippen molar-refractivity contribution in [3.05, 3.63) is 24.3 Å². The SMILES string of the molecule is CCCCCCC/C=C\C/C=C\CCCCCCCCCCCCCCCCCCCCCCCCCCCCCCCC(=O)NC(COP(=O)(O)OCC[N+](C)(C)C)C(O)CCCCCCCCC. The van der Waals surface area contributed by atoms with Crippen LogP contribution in [0, 0.1) is 0 Å². The van der Waals surface area contributed by atoms with E-state index in [4.69, 9.17) is 9.05 Å². The molecule has 0 saturated carbocycles. The maximum absolute atomic E-state index is 12.9. The molecule has 3 atom stereocenters. The van der Waals surface area contributed by atoms with Crippen LogP contribution in [0.2, 0.25) is 0 Å². The zero-order valence-electron chi connectivity index (χ0n) is 47.5. The van der Waals surface area contributed by atoms with Crippen molar-refractivity contribution in [2.75, 3.05) is 40.9 Å². The molecule has 0 aliphatic rings. The summed E-state index contributed by atoms with van der Waals surface area (Å²) < 4.78 is 23.6. The maximum Gasteiger partial charge on any atom is 0.472 e. The normalized spacial score (nSPS) is 14.0. The molecule has 3 N–H and O–H groups in total. The van der Waals surface area contributed by atoms with E-state index in [1.54, 1.807) is 0 Å². The van der Waals surface area contributed by atoms with Crippen molar-refractivity contribution in [2.45, 2.75) is 321 Å². The van der Waals surface area contributed by atoms with Crippen molar-refractivity contribution in [1.82, 2.24) is 5.32 Å². The Bertz CT molecular complexity index is 1190. The van der Waals surface area contributed by atoms with E-state index < -0.39 is 20.0 Å². The number of carbonyl (C=O) groups excluding carboxylic acids is 1. The van der Waals surface area contributed by atoms with E-state index in [0.29, 0.717) is 23.9 Å². The van der Waals surface area contributed by atoms with Gasteiger partial charge in [0.25, 0.3) is 0 Å². The second-order valence-corrected chi connectivity index (χ2v) is 23.9. The zero-order valence-corrected chi connectivity index (χ0v) is 48.4. The van der Waals surface area contributed by atoms with Crippen molar-refractivity contribution in [2.24, 2.45) is 0 Å². The largest absolute Gasteiger partial charge is 0.472 e. The summed E-state index contributed by atoms with van der Waals surface area (Å²) in [7, 11) is 1.63. The average molecular weight is 1010 g/mol. The third-order valence-electron chi connectivity index (χ3n) is 14.2. The van der Waals surface area contributed by atoms with Crippen LogP contribution < -0.4 is 5.32 Å². The van der Waals surface area contributed by atoms with Crippen LogP contribution in [0.15, 0.2) is 24.3 Å². The molecule has 0 aromatic heterocycles. The first kappa shape index (κ1) is 69.0. The first-order chi connectivity index (χ1) is 34.0. The van der Waals surface area contributed by atoms with Crippen LogP contribution in [0.5, 0.6) is 0 Å². The van der Waals surface area contributed by atoms with Gasteiger partial charge in [-0.25, -0.2) is 4.57 Å². The monoisotopic (exact) mass is 1010 g/mol. The average Bonchev–Trinajstić information content (AvgIpc) is 3.32. The summed E-state index contributed by atoms with van der Waals surface area (Å²) in [5.74, 6) is -0.143. The lowest BCUT2D eigenvalue weighted by atomic mass is 10.0. The standard InChI is InChI=1S/C61H121N2O6P/c1-6-8-10-12-14-15-16-17-18-19-20-21-22-23-24-25-26-27-28-29-30-31-32-33-34-35-36-37-38-39-40-41-42-43-44-45-46-47-49-51-53-55-61(65)62-59(60(64)54-52-50-48-13-11-9-7-2)58-69-70(66,67)68-57-56-63(3,4)5/h16-17,19-20,59-60,64H,6-15,18,21-58H2,1-5H3,(H-,62,65,66,67)/p+1/b17-16-,20-19-. The predicted octanol–water partition coefficient (Wildman–Crippen LogP) is 18.8. The number of hydrogen-bond donors (Lipinski definition) is 3. The van der Waals surface area contributed by atoms with Crippen molar-refractivity contribution in [3.8, 4) is 0 Å². The fourth-order valence-corrected chi connectivity index (χ4v) is 10.1. The molecule has 0 bridgehead atoms. The number of hydrogen-bond acceptors (Lipinski definition) is 5. The Hall–Kier alpha value is -1.02. The number of aliphatic hydroxyl groups excluding tert-OH is 1. The third kappa shape index (κ3) is 54.7. The molecule has 0 aliphatic heterocycles. The molecule has 0 spiro atoms. The highest BCUT2D eigenvalue weighted by molar-refractivity contribution is 7.47. The molecule has 416 valence electrons. The molecule has 1 amide bonds. The zero-order chi connectivity index (χ0) is 51.3. The van der Waals surface area contributed by atoms with Crippen LogP contribution in [-0.2, 0) is 18.4 Å². The summed E-state index contributed by atoms with van der Waals surface area (Å²) in [6.45, 7) is 4.85. The van der Waals surface area contributed by atoms with Gasteiger partial charge in [0.15, 0.2) is 0 Å². The van der Waals surface area contributed by atoms with Crippen LogP contribution in [0.25, 0.3) is 0 Å². The Labute approximate surface area is 436 Å². The van der Waals surface area contributed by atoms with E-state index in [0.717, 1.165) is 44.9 Å². The highest BCUT2D eigenvalue weighted by Gasteiger charge is 2.28. The topological polar surface area (TPSA) is 105 Å².